The zero-order chi connectivity index (χ0) is 11.5. The van der Waals surface area contributed by atoms with E-state index in [9.17, 15) is 9.18 Å². The fraction of sp³-hybridized carbons (Fsp3) is 0.364. The summed E-state index contributed by atoms with van der Waals surface area (Å²) in [5, 5.41) is 10.4. The highest BCUT2D eigenvalue weighted by Gasteiger charge is 2.31. The van der Waals surface area contributed by atoms with Gasteiger partial charge >= 0.3 is 5.97 Å². The molecule has 0 radical (unpaired) electrons. The number of hydroxylamine groups is 2. The number of nitrogens with zero attached hydrogens (tertiary/aromatic N) is 1. The molecule has 1 saturated heterocycles. The van der Waals surface area contributed by atoms with Gasteiger partial charge in [-0.2, -0.15) is 5.06 Å². The molecule has 0 spiro atoms. The largest absolute Gasteiger partial charge is 0.480 e. The SMILES string of the molecule is O=C(O)[C@@H]1CCON1Cc1ccc(F)cc1. The summed E-state index contributed by atoms with van der Waals surface area (Å²) >= 11 is 0. The van der Waals surface area contributed by atoms with Crippen molar-refractivity contribution in [3.8, 4) is 0 Å². The maximum atomic E-state index is 12.7. The monoisotopic (exact) mass is 225 g/mol. The minimum absolute atomic E-state index is 0.305. The Morgan fingerprint density at radius 1 is 1.50 bits per heavy atom. The Morgan fingerprint density at radius 3 is 2.81 bits per heavy atom. The van der Waals surface area contributed by atoms with E-state index in [2.05, 4.69) is 0 Å². The topological polar surface area (TPSA) is 49.8 Å². The summed E-state index contributed by atoms with van der Waals surface area (Å²) in [5.74, 6) is -1.19. The molecular formula is C11H12FNO3. The highest BCUT2D eigenvalue weighted by Crippen LogP contribution is 2.18. The van der Waals surface area contributed by atoms with Crippen molar-refractivity contribution in [2.24, 2.45) is 0 Å². The van der Waals surface area contributed by atoms with Crippen LogP contribution in [0.25, 0.3) is 0 Å². The lowest BCUT2D eigenvalue weighted by Crippen LogP contribution is -2.34. The molecule has 0 amide bonds. The van der Waals surface area contributed by atoms with Gasteiger partial charge in [-0.25, -0.2) is 4.39 Å². The molecular weight excluding hydrogens is 213 g/mol. The van der Waals surface area contributed by atoms with Gasteiger partial charge in [-0.3, -0.25) is 9.63 Å². The first-order valence-corrected chi connectivity index (χ1v) is 5.03. The number of aliphatic carboxylic acids is 1. The molecule has 1 atom stereocenters. The number of carboxylic acid groups (broad SMARTS) is 1. The Balaban J connectivity index is 2.03. The molecule has 1 N–H and O–H groups in total. The van der Waals surface area contributed by atoms with Crippen molar-refractivity contribution in [3.05, 3.63) is 35.6 Å². The van der Waals surface area contributed by atoms with Crippen LogP contribution < -0.4 is 0 Å². The van der Waals surface area contributed by atoms with E-state index in [-0.39, 0.29) is 5.82 Å². The standard InChI is InChI=1S/C11H12FNO3/c12-9-3-1-8(2-4-9)7-13-10(11(14)15)5-6-16-13/h1-4,10H,5-7H2,(H,14,15)/t10-/m0/s1. The van der Waals surface area contributed by atoms with Gasteiger partial charge in [0.15, 0.2) is 0 Å². The third kappa shape index (κ3) is 2.37. The number of halogens is 1. The molecule has 0 aliphatic carbocycles. The van der Waals surface area contributed by atoms with E-state index in [1.54, 1.807) is 12.1 Å². The average molecular weight is 225 g/mol. The van der Waals surface area contributed by atoms with Crippen molar-refractivity contribution in [1.29, 1.82) is 0 Å². The van der Waals surface area contributed by atoms with Crippen molar-refractivity contribution < 1.29 is 19.1 Å². The van der Waals surface area contributed by atoms with Crippen LogP contribution >= 0.6 is 0 Å². The Hall–Kier alpha value is -1.46. The van der Waals surface area contributed by atoms with E-state index >= 15 is 0 Å². The summed E-state index contributed by atoms with van der Waals surface area (Å²) in [6.45, 7) is 0.773. The average Bonchev–Trinajstić information content (AvgIpc) is 2.69. The number of hydrogen-bond acceptors (Lipinski definition) is 3. The fourth-order valence-electron chi connectivity index (χ4n) is 1.69. The van der Waals surface area contributed by atoms with Crippen molar-refractivity contribution >= 4 is 5.97 Å². The Kier molecular flexibility index (Phi) is 3.17. The van der Waals surface area contributed by atoms with Crippen LogP contribution in [0, 0.1) is 5.82 Å². The van der Waals surface area contributed by atoms with Gasteiger partial charge < -0.3 is 5.11 Å². The molecule has 2 rings (SSSR count). The molecule has 0 unspecified atom stereocenters. The first-order valence-electron chi connectivity index (χ1n) is 5.03. The molecule has 4 nitrogen and oxygen atoms in total. The maximum Gasteiger partial charge on any atom is 0.323 e. The van der Waals surface area contributed by atoms with Gasteiger partial charge in [-0.05, 0) is 17.7 Å². The van der Waals surface area contributed by atoms with E-state index in [1.165, 1.54) is 17.2 Å². The van der Waals surface area contributed by atoms with Gasteiger partial charge in [0, 0.05) is 6.42 Å². The van der Waals surface area contributed by atoms with Crippen LogP contribution in [0.1, 0.15) is 12.0 Å². The van der Waals surface area contributed by atoms with Crippen LogP contribution in [0.2, 0.25) is 0 Å². The normalized spacial score (nSPS) is 21.2. The number of carbonyl (C=O) groups is 1. The molecule has 86 valence electrons. The molecule has 1 aromatic carbocycles. The minimum Gasteiger partial charge on any atom is -0.480 e. The second-order valence-electron chi connectivity index (χ2n) is 3.68. The molecule has 16 heavy (non-hydrogen) atoms. The van der Waals surface area contributed by atoms with E-state index in [0.717, 1.165) is 5.56 Å². The van der Waals surface area contributed by atoms with Crippen LogP contribution in [0.5, 0.6) is 0 Å². The number of benzene rings is 1. The summed E-state index contributed by atoms with van der Waals surface area (Å²) in [4.78, 5) is 16.1. The van der Waals surface area contributed by atoms with Crippen molar-refractivity contribution in [3.63, 3.8) is 0 Å². The zero-order valence-corrected chi connectivity index (χ0v) is 8.60. The lowest BCUT2D eigenvalue weighted by Gasteiger charge is -2.18. The second-order valence-corrected chi connectivity index (χ2v) is 3.68. The van der Waals surface area contributed by atoms with Gasteiger partial charge in [0.2, 0.25) is 0 Å². The highest BCUT2D eigenvalue weighted by atomic mass is 19.1. The molecule has 1 aliphatic heterocycles. The third-order valence-corrected chi connectivity index (χ3v) is 2.53. The van der Waals surface area contributed by atoms with Crippen LogP contribution in [0.15, 0.2) is 24.3 Å². The van der Waals surface area contributed by atoms with Gasteiger partial charge in [-0.1, -0.05) is 12.1 Å². The molecule has 1 heterocycles. The van der Waals surface area contributed by atoms with E-state index in [0.29, 0.717) is 19.6 Å². The van der Waals surface area contributed by atoms with Gasteiger partial charge in [0.1, 0.15) is 11.9 Å². The van der Waals surface area contributed by atoms with Crippen LogP contribution in [-0.2, 0) is 16.2 Å². The number of rotatable bonds is 3. The molecule has 0 bridgehead atoms. The van der Waals surface area contributed by atoms with Crippen molar-refractivity contribution in [2.45, 2.75) is 19.0 Å². The summed E-state index contributed by atoms with van der Waals surface area (Å²) in [7, 11) is 0. The van der Waals surface area contributed by atoms with Crippen LogP contribution in [-0.4, -0.2) is 28.8 Å². The first-order chi connectivity index (χ1) is 7.66. The van der Waals surface area contributed by atoms with Gasteiger partial charge in [0.25, 0.3) is 0 Å². The number of carboxylic acids is 1. The summed E-state index contributed by atoms with van der Waals surface area (Å²) in [6.07, 6.45) is 0.483. The Morgan fingerprint density at radius 2 is 2.19 bits per heavy atom. The predicted octanol–water partition coefficient (Wildman–Crippen LogP) is 1.42. The molecule has 0 aromatic heterocycles. The van der Waals surface area contributed by atoms with Gasteiger partial charge in [0.05, 0.1) is 13.2 Å². The summed E-state index contributed by atoms with van der Waals surface area (Å²) in [5.41, 5.74) is 0.828. The quantitative estimate of drug-likeness (QED) is 0.845. The summed E-state index contributed by atoms with van der Waals surface area (Å²) in [6, 6.07) is 5.33. The minimum atomic E-state index is -0.889. The lowest BCUT2D eigenvalue weighted by molar-refractivity contribution is -0.168. The van der Waals surface area contributed by atoms with E-state index in [4.69, 9.17) is 9.94 Å². The van der Waals surface area contributed by atoms with Crippen molar-refractivity contribution in [1.82, 2.24) is 5.06 Å². The number of hydrogen-bond donors (Lipinski definition) is 1. The first kappa shape index (κ1) is 11.0. The van der Waals surface area contributed by atoms with Crippen LogP contribution in [0.4, 0.5) is 4.39 Å². The van der Waals surface area contributed by atoms with E-state index in [1.807, 2.05) is 0 Å². The lowest BCUT2D eigenvalue weighted by atomic mass is 10.2. The molecule has 1 fully saturated rings. The fourth-order valence-corrected chi connectivity index (χ4v) is 1.69. The zero-order valence-electron chi connectivity index (χ0n) is 8.60. The Labute approximate surface area is 92.2 Å². The molecule has 5 heteroatoms. The second kappa shape index (κ2) is 4.59. The molecule has 0 saturated carbocycles. The highest BCUT2D eigenvalue weighted by molar-refractivity contribution is 5.73. The third-order valence-electron chi connectivity index (χ3n) is 2.53. The van der Waals surface area contributed by atoms with Crippen molar-refractivity contribution in [2.75, 3.05) is 6.61 Å². The molecule has 1 aromatic rings. The summed E-state index contributed by atoms with van der Waals surface area (Å²) < 4.78 is 12.7. The predicted molar refractivity (Wildman–Crippen MR) is 53.9 cm³/mol. The smallest absolute Gasteiger partial charge is 0.323 e. The van der Waals surface area contributed by atoms with E-state index < -0.39 is 12.0 Å². The maximum absolute atomic E-state index is 12.7. The van der Waals surface area contributed by atoms with Crippen LogP contribution in [0.3, 0.4) is 0 Å². The molecule has 1 aliphatic rings. The van der Waals surface area contributed by atoms with Gasteiger partial charge in [-0.15, -0.1) is 0 Å². The Bertz CT molecular complexity index is 379.